The number of aromatic nitrogens is 2. The third-order valence-electron chi connectivity index (χ3n) is 4.77. The van der Waals surface area contributed by atoms with Gasteiger partial charge in [-0.25, -0.2) is 4.98 Å². The molecule has 0 aliphatic rings. The van der Waals surface area contributed by atoms with E-state index in [1.165, 1.54) is 19.2 Å². The molecule has 6 nitrogen and oxygen atoms in total. The van der Waals surface area contributed by atoms with Crippen LogP contribution in [0, 0.1) is 6.92 Å². The number of pyridine rings is 1. The number of carbonyl (C=O) groups is 1. The average molecular weight is 441 g/mol. The molecule has 0 aliphatic heterocycles. The molecule has 0 radical (unpaired) electrons. The van der Waals surface area contributed by atoms with E-state index in [0.717, 1.165) is 28.9 Å². The minimum atomic E-state index is -4.80. The molecule has 2 aromatic heterocycles. The molecule has 0 saturated carbocycles. The molecule has 0 spiro atoms. The van der Waals surface area contributed by atoms with Crippen LogP contribution in [0.25, 0.3) is 16.9 Å². The summed E-state index contributed by atoms with van der Waals surface area (Å²) in [6.45, 7) is 1.97. The summed E-state index contributed by atoms with van der Waals surface area (Å²) in [7, 11) is 1.47. The van der Waals surface area contributed by atoms with Crippen LogP contribution in [0.5, 0.6) is 11.5 Å². The number of nitrogens with one attached hydrogen (secondary N) is 1. The van der Waals surface area contributed by atoms with Crippen molar-refractivity contribution in [2.75, 3.05) is 12.4 Å². The molecule has 2 heterocycles. The summed E-state index contributed by atoms with van der Waals surface area (Å²) in [5, 5.41) is 2.74. The highest BCUT2D eigenvalue weighted by molar-refractivity contribution is 6.05. The number of rotatable bonds is 5. The predicted molar refractivity (Wildman–Crippen MR) is 113 cm³/mol. The lowest BCUT2D eigenvalue weighted by Gasteiger charge is -2.12. The Balaban J connectivity index is 1.60. The molecule has 32 heavy (non-hydrogen) atoms. The van der Waals surface area contributed by atoms with Crippen molar-refractivity contribution in [2.45, 2.75) is 13.3 Å². The van der Waals surface area contributed by atoms with Gasteiger partial charge in [-0.3, -0.25) is 4.79 Å². The number of halogens is 3. The van der Waals surface area contributed by atoms with Gasteiger partial charge in [-0.1, -0.05) is 6.07 Å². The SMILES string of the molecule is COc1ccc(-c2cn3cccc(C)c3n2)cc1NC(=O)c1ccc(OC(F)(F)F)cc1. The third kappa shape index (κ3) is 4.51. The van der Waals surface area contributed by atoms with Crippen molar-refractivity contribution >= 4 is 17.2 Å². The Hall–Kier alpha value is -4.01. The van der Waals surface area contributed by atoms with E-state index in [1.807, 2.05) is 41.9 Å². The van der Waals surface area contributed by atoms with Gasteiger partial charge in [-0.05, 0) is 61.0 Å². The Morgan fingerprint density at radius 3 is 2.50 bits per heavy atom. The molecule has 164 valence electrons. The summed E-state index contributed by atoms with van der Waals surface area (Å²) in [6, 6.07) is 13.8. The molecule has 1 N–H and O–H groups in total. The molecular weight excluding hydrogens is 423 g/mol. The summed E-state index contributed by atoms with van der Waals surface area (Å²) in [5.74, 6) is -0.486. The Kier molecular flexibility index (Phi) is 5.48. The highest BCUT2D eigenvalue weighted by Crippen LogP contribution is 2.31. The Morgan fingerprint density at radius 2 is 1.84 bits per heavy atom. The maximum Gasteiger partial charge on any atom is 0.573 e. The number of aryl methyl sites for hydroxylation is 1. The second-order valence-electron chi connectivity index (χ2n) is 6.99. The van der Waals surface area contributed by atoms with E-state index in [0.29, 0.717) is 17.1 Å². The standard InChI is InChI=1S/C23H18F3N3O3/c1-14-4-3-11-29-13-19(27-21(14)29)16-7-10-20(31-2)18(12-16)28-22(30)15-5-8-17(9-6-15)32-23(24,25)26/h3-13H,1-2H3,(H,28,30). The number of alkyl halides is 3. The zero-order chi connectivity index (χ0) is 22.9. The predicted octanol–water partition coefficient (Wildman–Crippen LogP) is 5.47. The van der Waals surface area contributed by atoms with Gasteiger partial charge in [0.05, 0.1) is 18.5 Å². The van der Waals surface area contributed by atoms with E-state index in [-0.39, 0.29) is 5.56 Å². The number of amides is 1. The number of anilines is 1. The molecule has 4 aromatic rings. The smallest absolute Gasteiger partial charge is 0.495 e. The number of fused-ring (bicyclic) bond motifs is 1. The van der Waals surface area contributed by atoms with Crippen LogP contribution in [-0.4, -0.2) is 28.8 Å². The van der Waals surface area contributed by atoms with E-state index < -0.39 is 18.0 Å². The fraction of sp³-hybridized carbons (Fsp3) is 0.130. The lowest BCUT2D eigenvalue weighted by Crippen LogP contribution is -2.17. The number of imidazole rings is 1. The second kappa shape index (κ2) is 8.26. The molecule has 0 unspecified atom stereocenters. The summed E-state index contributed by atoms with van der Waals surface area (Å²) in [5.41, 5.74) is 3.89. The molecule has 1 amide bonds. The fourth-order valence-electron chi connectivity index (χ4n) is 3.26. The van der Waals surface area contributed by atoms with Crippen LogP contribution in [0.4, 0.5) is 18.9 Å². The fourth-order valence-corrected chi connectivity index (χ4v) is 3.26. The first-order chi connectivity index (χ1) is 15.2. The Labute approximate surface area is 181 Å². The maximum atomic E-state index is 12.7. The maximum absolute atomic E-state index is 12.7. The first kappa shape index (κ1) is 21.2. The number of hydrogen-bond donors (Lipinski definition) is 1. The highest BCUT2D eigenvalue weighted by Gasteiger charge is 2.31. The van der Waals surface area contributed by atoms with E-state index in [1.54, 1.807) is 12.1 Å². The Morgan fingerprint density at radius 1 is 1.09 bits per heavy atom. The van der Waals surface area contributed by atoms with Crippen LogP contribution in [0.15, 0.2) is 67.0 Å². The van der Waals surface area contributed by atoms with Crippen molar-refractivity contribution in [3.8, 4) is 22.8 Å². The molecule has 0 bridgehead atoms. The average Bonchev–Trinajstić information content (AvgIpc) is 3.19. The van der Waals surface area contributed by atoms with Crippen molar-refractivity contribution in [2.24, 2.45) is 0 Å². The van der Waals surface area contributed by atoms with Gasteiger partial charge >= 0.3 is 6.36 Å². The first-order valence-electron chi connectivity index (χ1n) is 9.53. The van der Waals surface area contributed by atoms with Gasteiger partial charge in [0.15, 0.2) is 0 Å². The minimum Gasteiger partial charge on any atom is -0.495 e. The van der Waals surface area contributed by atoms with Crippen molar-refractivity contribution in [3.05, 3.63) is 78.1 Å². The van der Waals surface area contributed by atoms with Crippen molar-refractivity contribution in [3.63, 3.8) is 0 Å². The van der Waals surface area contributed by atoms with Gasteiger partial charge in [-0.15, -0.1) is 13.2 Å². The third-order valence-corrected chi connectivity index (χ3v) is 4.77. The topological polar surface area (TPSA) is 64.9 Å². The van der Waals surface area contributed by atoms with Crippen LogP contribution < -0.4 is 14.8 Å². The zero-order valence-electron chi connectivity index (χ0n) is 17.1. The Bertz CT molecular complexity index is 1280. The quantitative estimate of drug-likeness (QED) is 0.446. The zero-order valence-corrected chi connectivity index (χ0v) is 17.1. The van der Waals surface area contributed by atoms with E-state index in [2.05, 4.69) is 15.0 Å². The summed E-state index contributed by atoms with van der Waals surface area (Å²) < 4.78 is 48.0. The molecular formula is C23H18F3N3O3. The van der Waals surface area contributed by atoms with Crippen molar-refractivity contribution < 1.29 is 27.4 Å². The van der Waals surface area contributed by atoms with E-state index in [9.17, 15) is 18.0 Å². The van der Waals surface area contributed by atoms with Gasteiger partial charge < -0.3 is 19.2 Å². The van der Waals surface area contributed by atoms with Gasteiger partial charge in [0.2, 0.25) is 0 Å². The van der Waals surface area contributed by atoms with Crippen LogP contribution in [0.1, 0.15) is 15.9 Å². The molecule has 0 aliphatic carbocycles. The summed E-state index contributed by atoms with van der Waals surface area (Å²) in [4.78, 5) is 17.3. The van der Waals surface area contributed by atoms with E-state index >= 15 is 0 Å². The molecule has 0 atom stereocenters. The van der Waals surface area contributed by atoms with Gasteiger partial charge in [0, 0.05) is 23.5 Å². The normalized spacial score (nSPS) is 11.4. The van der Waals surface area contributed by atoms with Crippen LogP contribution in [0.2, 0.25) is 0 Å². The van der Waals surface area contributed by atoms with Crippen LogP contribution in [-0.2, 0) is 0 Å². The van der Waals surface area contributed by atoms with Gasteiger partial charge in [0.25, 0.3) is 5.91 Å². The monoisotopic (exact) mass is 441 g/mol. The lowest BCUT2D eigenvalue weighted by atomic mass is 10.1. The van der Waals surface area contributed by atoms with Crippen molar-refractivity contribution in [1.82, 2.24) is 9.38 Å². The summed E-state index contributed by atoms with van der Waals surface area (Å²) in [6.07, 6.45) is -1.01. The number of nitrogens with zero attached hydrogens (tertiary/aromatic N) is 2. The van der Waals surface area contributed by atoms with Gasteiger partial charge in [-0.2, -0.15) is 0 Å². The molecule has 9 heteroatoms. The molecule has 0 fully saturated rings. The number of ether oxygens (including phenoxy) is 2. The number of methoxy groups -OCH3 is 1. The molecule has 2 aromatic carbocycles. The minimum absolute atomic E-state index is 0.162. The molecule has 4 rings (SSSR count). The van der Waals surface area contributed by atoms with Crippen molar-refractivity contribution in [1.29, 1.82) is 0 Å². The van der Waals surface area contributed by atoms with Gasteiger partial charge in [0.1, 0.15) is 17.1 Å². The highest BCUT2D eigenvalue weighted by atomic mass is 19.4. The number of hydrogen-bond acceptors (Lipinski definition) is 4. The number of carbonyl (C=O) groups excluding carboxylic acids is 1. The lowest BCUT2D eigenvalue weighted by molar-refractivity contribution is -0.274. The first-order valence-corrected chi connectivity index (χ1v) is 9.53. The molecule has 0 saturated heterocycles. The summed E-state index contributed by atoms with van der Waals surface area (Å²) >= 11 is 0. The second-order valence-corrected chi connectivity index (χ2v) is 6.99. The largest absolute Gasteiger partial charge is 0.573 e. The van der Waals surface area contributed by atoms with E-state index in [4.69, 9.17) is 4.74 Å². The van der Waals surface area contributed by atoms with Crippen LogP contribution >= 0.6 is 0 Å². The number of benzene rings is 2. The van der Waals surface area contributed by atoms with Crippen LogP contribution in [0.3, 0.4) is 0 Å².